The van der Waals surface area contributed by atoms with E-state index >= 15 is 0 Å². The maximum atomic E-state index is 12.1. The Kier molecular flexibility index (Phi) is 4.09. The summed E-state index contributed by atoms with van der Waals surface area (Å²) in [6, 6.07) is 11.3. The van der Waals surface area contributed by atoms with E-state index < -0.39 is 0 Å². The summed E-state index contributed by atoms with van der Waals surface area (Å²) in [7, 11) is 0. The topological polar surface area (TPSA) is 69.2 Å². The van der Waals surface area contributed by atoms with Gasteiger partial charge >= 0.3 is 0 Å². The number of carbonyl (C=O) groups is 1. The number of nitrogens with one attached hydrogen (secondary N) is 1. The van der Waals surface area contributed by atoms with Gasteiger partial charge in [-0.2, -0.15) is 5.10 Å². The fraction of sp³-hybridized carbons (Fsp3) is 0.231. The summed E-state index contributed by atoms with van der Waals surface area (Å²) < 4.78 is 0. The van der Waals surface area contributed by atoms with E-state index in [1.54, 1.807) is 11.0 Å². The van der Waals surface area contributed by atoms with Crippen LogP contribution in [0.5, 0.6) is 0 Å². The van der Waals surface area contributed by atoms with Crippen LogP contribution in [0.15, 0.2) is 42.6 Å². The lowest BCUT2D eigenvalue weighted by molar-refractivity contribution is 0.0702. The molecule has 0 saturated heterocycles. The van der Waals surface area contributed by atoms with Crippen LogP contribution in [0, 0.1) is 0 Å². The smallest absolute Gasteiger partial charge is 0.272 e. The summed E-state index contributed by atoms with van der Waals surface area (Å²) in [5.41, 5.74) is 1.46. The highest BCUT2D eigenvalue weighted by molar-refractivity contribution is 5.92. The number of aromatic amines is 1. The molecule has 2 N–H and O–H groups in total. The molecule has 0 spiro atoms. The second-order valence-corrected chi connectivity index (χ2v) is 3.91. The summed E-state index contributed by atoms with van der Waals surface area (Å²) >= 11 is 0. The Balaban J connectivity index is 2.11. The van der Waals surface area contributed by atoms with Gasteiger partial charge in [-0.1, -0.05) is 30.3 Å². The average Bonchev–Trinajstić information content (AvgIpc) is 2.92. The molecule has 0 aliphatic carbocycles. The zero-order valence-electron chi connectivity index (χ0n) is 9.91. The molecule has 5 heteroatoms. The Morgan fingerprint density at radius 1 is 1.28 bits per heavy atom. The molecule has 1 amide bonds. The summed E-state index contributed by atoms with van der Waals surface area (Å²) in [4.78, 5) is 13.7. The van der Waals surface area contributed by atoms with Gasteiger partial charge in [-0.3, -0.25) is 9.89 Å². The molecule has 5 nitrogen and oxygen atoms in total. The van der Waals surface area contributed by atoms with E-state index in [9.17, 15) is 4.79 Å². The Hall–Kier alpha value is -2.14. The largest absolute Gasteiger partial charge is 0.395 e. The van der Waals surface area contributed by atoms with Crippen LogP contribution in [0.3, 0.4) is 0 Å². The van der Waals surface area contributed by atoms with Gasteiger partial charge in [0.25, 0.3) is 5.91 Å². The molecule has 18 heavy (non-hydrogen) atoms. The Labute approximate surface area is 105 Å². The summed E-state index contributed by atoms with van der Waals surface area (Å²) in [6.45, 7) is 0.707. The van der Waals surface area contributed by atoms with Gasteiger partial charge in [-0.25, -0.2) is 0 Å². The Morgan fingerprint density at radius 2 is 2.06 bits per heavy atom. The van der Waals surface area contributed by atoms with Crippen LogP contribution < -0.4 is 0 Å². The number of hydrogen-bond donors (Lipinski definition) is 2. The monoisotopic (exact) mass is 245 g/mol. The third-order valence-electron chi connectivity index (χ3n) is 2.60. The molecule has 1 heterocycles. The van der Waals surface area contributed by atoms with E-state index in [0.717, 1.165) is 5.56 Å². The van der Waals surface area contributed by atoms with E-state index in [-0.39, 0.29) is 12.5 Å². The highest BCUT2D eigenvalue weighted by Gasteiger charge is 2.16. The van der Waals surface area contributed by atoms with Crippen molar-refractivity contribution in [3.8, 4) is 0 Å². The van der Waals surface area contributed by atoms with Gasteiger partial charge < -0.3 is 10.0 Å². The van der Waals surface area contributed by atoms with Crippen molar-refractivity contribution in [1.82, 2.24) is 15.1 Å². The van der Waals surface area contributed by atoms with Crippen LogP contribution >= 0.6 is 0 Å². The summed E-state index contributed by atoms with van der Waals surface area (Å²) in [5.74, 6) is -0.162. The van der Waals surface area contributed by atoms with Crippen molar-refractivity contribution in [3.05, 3.63) is 53.9 Å². The van der Waals surface area contributed by atoms with Gasteiger partial charge in [0.2, 0.25) is 0 Å². The van der Waals surface area contributed by atoms with E-state index in [0.29, 0.717) is 18.8 Å². The lowest BCUT2D eigenvalue weighted by Crippen LogP contribution is -2.33. The van der Waals surface area contributed by atoms with E-state index in [2.05, 4.69) is 10.2 Å². The third kappa shape index (κ3) is 2.95. The number of aliphatic hydroxyl groups is 1. The van der Waals surface area contributed by atoms with Crippen LogP contribution in [0.25, 0.3) is 0 Å². The van der Waals surface area contributed by atoms with Gasteiger partial charge in [0, 0.05) is 19.3 Å². The minimum Gasteiger partial charge on any atom is -0.395 e. The van der Waals surface area contributed by atoms with Gasteiger partial charge in [0.05, 0.1) is 6.61 Å². The normalized spacial score (nSPS) is 10.3. The van der Waals surface area contributed by atoms with Crippen molar-refractivity contribution < 1.29 is 9.90 Å². The Morgan fingerprint density at radius 3 is 2.67 bits per heavy atom. The summed E-state index contributed by atoms with van der Waals surface area (Å²) in [6.07, 6.45) is 1.53. The van der Waals surface area contributed by atoms with Crippen LogP contribution in [0.2, 0.25) is 0 Å². The second-order valence-electron chi connectivity index (χ2n) is 3.91. The van der Waals surface area contributed by atoms with Crippen LogP contribution in [0.1, 0.15) is 16.1 Å². The van der Waals surface area contributed by atoms with E-state index in [4.69, 9.17) is 5.11 Å². The molecule has 0 aliphatic heterocycles. The lowest BCUT2D eigenvalue weighted by Gasteiger charge is -2.21. The molecule has 94 valence electrons. The fourth-order valence-electron chi connectivity index (χ4n) is 1.72. The van der Waals surface area contributed by atoms with E-state index in [1.165, 1.54) is 6.20 Å². The van der Waals surface area contributed by atoms with Crippen LogP contribution in [-0.2, 0) is 6.54 Å². The van der Waals surface area contributed by atoms with Gasteiger partial charge in [-0.05, 0) is 11.6 Å². The van der Waals surface area contributed by atoms with Gasteiger partial charge in [0.1, 0.15) is 5.69 Å². The van der Waals surface area contributed by atoms with Crippen molar-refractivity contribution in [3.63, 3.8) is 0 Å². The van der Waals surface area contributed by atoms with Crippen molar-refractivity contribution in [1.29, 1.82) is 0 Å². The number of carbonyl (C=O) groups excluding carboxylic acids is 1. The van der Waals surface area contributed by atoms with Crippen molar-refractivity contribution in [2.75, 3.05) is 13.2 Å². The number of nitrogens with zero attached hydrogens (tertiary/aromatic N) is 2. The van der Waals surface area contributed by atoms with Gasteiger partial charge in [-0.15, -0.1) is 0 Å². The van der Waals surface area contributed by atoms with Gasteiger partial charge in [0.15, 0.2) is 0 Å². The number of aliphatic hydroxyl groups excluding tert-OH is 1. The number of hydrogen-bond acceptors (Lipinski definition) is 3. The average molecular weight is 245 g/mol. The molecule has 1 aromatic heterocycles. The number of H-pyrrole nitrogens is 1. The molecule has 0 radical (unpaired) electrons. The quantitative estimate of drug-likeness (QED) is 0.827. The van der Waals surface area contributed by atoms with Crippen LogP contribution in [0.4, 0.5) is 0 Å². The maximum Gasteiger partial charge on any atom is 0.272 e. The predicted octanol–water partition coefficient (Wildman–Crippen LogP) is 1.04. The Bertz CT molecular complexity index is 482. The third-order valence-corrected chi connectivity index (χ3v) is 2.60. The SMILES string of the molecule is O=C(c1ccn[nH]1)N(CCO)Cc1ccccc1. The molecule has 2 aromatic rings. The molecule has 0 saturated carbocycles. The molecular weight excluding hydrogens is 230 g/mol. The van der Waals surface area contributed by atoms with Crippen molar-refractivity contribution >= 4 is 5.91 Å². The molecule has 0 fully saturated rings. The maximum absolute atomic E-state index is 12.1. The second kappa shape index (κ2) is 5.97. The molecular formula is C13H15N3O2. The van der Waals surface area contributed by atoms with Crippen molar-refractivity contribution in [2.24, 2.45) is 0 Å². The molecule has 2 rings (SSSR count). The molecule has 0 aliphatic rings. The first kappa shape index (κ1) is 12.3. The highest BCUT2D eigenvalue weighted by Crippen LogP contribution is 2.07. The highest BCUT2D eigenvalue weighted by atomic mass is 16.3. The standard InChI is InChI=1S/C13H15N3O2/c17-9-8-16(10-11-4-2-1-3-5-11)13(18)12-6-7-14-15-12/h1-7,17H,8-10H2,(H,14,15). The zero-order chi connectivity index (χ0) is 12.8. The first-order chi connectivity index (χ1) is 8.81. The first-order valence-electron chi connectivity index (χ1n) is 5.74. The predicted molar refractivity (Wildman–Crippen MR) is 66.9 cm³/mol. The zero-order valence-corrected chi connectivity index (χ0v) is 9.91. The number of amides is 1. The molecule has 0 unspecified atom stereocenters. The van der Waals surface area contributed by atoms with E-state index in [1.807, 2.05) is 30.3 Å². The number of aromatic nitrogens is 2. The first-order valence-corrected chi connectivity index (χ1v) is 5.74. The lowest BCUT2D eigenvalue weighted by atomic mass is 10.2. The number of benzene rings is 1. The summed E-state index contributed by atoms with van der Waals surface area (Å²) in [5, 5.41) is 15.4. The molecule has 1 aromatic carbocycles. The van der Waals surface area contributed by atoms with Crippen molar-refractivity contribution in [2.45, 2.75) is 6.54 Å². The molecule has 0 atom stereocenters. The number of rotatable bonds is 5. The fourth-order valence-corrected chi connectivity index (χ4v) is 1.72. The minimum absolute atomic E-state index is 0.0628. The molecule has 0 bridgehead atoms. The minimum atomic E-state index is -0.162. The van der Waals surface area contributed by atoms with Crippen LogP contribution in [-0.4, -0.2) is 39.3 Å².